The van der Waals surface area contributed by atoms with Gasteiger partial charge in [-0.05, 0) is 12.1 Å². The average molecular weight is 250 g/mol. The Bertz CT molecular complexity index is 460. The molecule has 0 atom stereocenters. The number of hydrogen-bond acceptors (Lipinski definition) is 6. The quantitative estimate of drug-likeness (QED) is 0.498. The highest BCUT2D eigenvalue weighted by Gasteiger charge is 2.26. The van der Waals surface area contributed by atoms with Gasteiger partial charge in [-0.1, -0.05) is 0 Å². The molecule has 0 radical (unpaired) electrons. The van der Waals surface area contributed by atoms with Gasteiger partial charge >= 0.3 is 0 Å². The lowest BCUT2D eigenvalue weighted by Gasteiger charge is -2.31. The summed E-state index contributed by atoms with van der Waals surface area (Å²) in [4.78, 5) is 26.6. The summed E-state index contributed by atoms with van der Waals surface area (Å²) in [5.41, 5.74) is 2.53. The van der Waals surface area contributed by atoms with Crippen LogP contribution in [-0.2, 0) is 4.79 Å². The fourth-order valence-corrected chi connectivity index (χ4v) is 1.62. The van der Waals surface area contributed by atoms with Gasteiger partial charge in [0.15, 0.2) is 11.5 Å². The molecule has 2 heterocycles. The third-order valence-electron chi connectivity index (χ3n) is 2.78. The van der Waals surface area contributed by atoms with Gasteiger partial charge in [0.1, 0.15) is 6.54 Å². The van der Waals surface area contributed by atoms with Crippen LogP contribution in [-0.4, -0.2) is 58.5 Å². The summed E-state index contributed by atoms with van der Waals surface area (Å²) in [5.74, 6) is 5.15. The molecule has 1 fully saturated rings. The Hall–Kier alpha value is -2.22. The molecule has 0 saturated carbocycles. The zero-order chi connectivity index (χ0) is 13.1. The van der Waals surface area contributed by atoms with E-state index in [4.69, 9.17) is 5.84 Å². The summed E-state index contributed by atoms with van der Waals surface area (Å²) in [6.45, 7) is 1.11. The molecule has 18 heavy (non-hydrogen) atoms. The Morgan fingerprint density at radius 3 is 2.72 bits per heavy atom. The minimum Gasteiger partial charge on any atom is -0.342 e. The van der Waals surface area contributed by atoms with Crippen LogP contribution in [0.4, 0.5) is 5.82 Å². The van der Waals surface area contributed by atoms with Gasteiger partial charge in [-0.15, -0.1) is 10.2 Å². The van der Waals surface area contributed by atoms with E-state index in [9.17, 15) is 9.59 Å². The topological polar surface area (TPSA) is 104 Å². The fraction of sp³-hybridized carbons (Fsp3) is 0.400. The van der Waals surface area contributed by atoms with Crippen LogP contribution in [0.3, 0.4) is 0 Å². The summed E-state index contributed by atoms with van der Waals surface area (Å²) >= 11 is 0. The zero-order valence-corrected chi connectivity index (χ0v) is 9.96. The van der Waals surface area contributed by atoms with Gasteiger partial charge in [-0.2, -0.15) is 0 Å². The number of carbonyl (C=O) groups is 2. The lowest BCUT2D eigenvalue weighted by atomic mass is 10.2. The number of anilines is 1. The van der Waals surface area contributed by atoms with E-state index >= 15 is 0 Å². The first-order valence-electron chi connectivity index (χ1n) is 5.45. The Kier molecular flexibility index (Phi) is 3.38. The maximum absolute atomic E-state index is 12.1. The molecular weight excluding hydrogens is 236 g/mol. The van der Waals surface area contributed by atoms with Crippen molar-refractivity contribution in [3.05, 3.63) is 17.8 Å². The molecule has 96 valence electrons. The van der Waals surface area contributed by atoms with Crippen LogP contribution in [0, 0.1) is 0 Å². The summed E-state index contributed by atoms with van der Waals surface area (Å²) in [5, 5.41) is 7.48. The number of nitrogen functional groups attached to an aromatic ring is 1. The van der Waals surface area contributed by atoms with E-state index < -0.39 is 0 Å². The van der Waals surface area contributed by atoms with Crippen molar-refractivity contribution in [2.45, 2.75) is 0 Å². The minimum atomic E-state index is -0.299. The number of nitrogens with two attached hydrogens (primary N) is 1. The number of nitrogens with one attached hydrogen (secondary N) is 1. The third kappa shape index (κ3) is 2.38. The number of rotatable bonds is 2. The van der Waals surface area contributed by atoms with Gasteiger partial charge < -0.3 is 15.2 Å². The highest BCUT2D eigenvalue weighted by atomic mass is 16.2. The average Bonchev–Trinajstić information content (AvgIpc) is 2.41. The van der Waals surface area contributed by atoms with Crippen molar-refractivity contribution in [2.75, 3.05) is 32.1 Å². The van der Waals surface area contributed by atoms with E-state index in [-0.39, 0.29) is 24.1 Å². The van der Waals surface area contributed by atoms with Gasteiger partial charge in [0.25, 0.3) is 5.91 Å². The fourth-order valence-electron chi connectivity index (χ4n) is 1.62. The molecule has 1 saturated heterocycles. The standard InChI is InChI=1S/C10H14N6O2/c1-15-4-5-16(6-9(15)17)10(18)7-2-3-8(12-11)14-13-7/h2-3H,4-6,11H2,1H3,(H,12,14). The van der Waals surface area contributed by atoms with Crippen LogP contribution in [0.5, 0.6) is 0 Å². The number of likely N-dealkylation sites (N-methyl/N-ethyl adjacent to an activating group) is 1. The van der Waals surface area contributed by atoms with Crippen LogP contribution < -0.4 is 11.3 Å². The van der Waals surface area contributed by atoms with Gasteiger partial charge in [0, 0.05) is 20.1 Å². The number of carbonyl (C=O) groups excluding carboxylic acids is 2. The second-order valence-corrected chi connectivity index (χ2v) is 3.99. The predicted octanol–water partition coefficient (Wildman–Crippen LogP) is -1.32. The molecule has 1 aliphatic rings. The number of piperazine rings is 1. The number of aromatic nitrogens is 2. The highest BCUT2D eigenvalue weighted by molar-refractivity contribution is 5.95. The summed E-state index contributed by atoms with van der Waals surface area (Å²) < 4.78 is 0. The van der Waals surface area contributed by atoms with Crippen molar-refractivity contribution in [3.8, 4) is 0 Å². The number of nitrogens with zero attached hydrogens (tertiary/aromatic N) is 4. The number of amides is 2. The SMILES string of the molecule is CN1CCN(C(=O)c2ccc(NN)nn2)CC1=O. The van der Waals surface area contributed by atoms with Crippen molar-refractivity contribution in [3.63, 3.8) is 0 Å². The lowest BCUT2D eigenvalue weighted by molar-refractivity contribution is -0.133. The van der Waals surface area contributed by atoms with Gasteiger partial charge in [0.2, 0.25) is 5.91 Å². The Labute approximate surface area is 104 Å². The van der Waals surface area contributed by atoms with Crippen molar-refractivity contribution >= 4 is 17.6 Å². The van der Waals surface area contributed by atoms with E-state index in [1.54, 1.807) is 18.0 Å². The highest BCUT2D eigenvalue weighted by Crippen LogP contribution is 2.07. The summed E-state index contributed by atoms with van der Waals surface area (Å²) in [7, 11) is 1.71. The molecule has 0 unspecified atom stereocenters. The van der Waals surface area contributed by atoms with Crippen molar-refractivity contribution < 1.29 is 9.59 Å². The molecule has 1 aromatic rings. The van der Waals surface area contributed by atoms with Crippen LogP contribution in [0.1, 0.15) is 10.5 Å². The molecule has 0 spiro atoms. The van der Waals surface area contributed by atoms with Gasteiger partial charge in [-0.25, -0.2) is 5.84 Å². The molecule has 3 N–H and O–H groups in total. The van der Waals surface area contributed by atoms with Crippen LogP contribution in [0.15, 0.2) is 12.1 Å². The van der Waals surface area contributed by atoms with Crippen LogP contribution >= 0.6 is 0 Å². The summed E-state index contributed by atoms with van der Waals surface area (Å²) in [6.07, 6.45) is 0. The van der Waals surface area contributed by atoms with Crippen molar-refractivity contribution in [1.82, 2.24) is 20.0 Å². The van der Waals surface area contributed by atoms with Crippen LogP contribution in [0.2, 0.25) is 0 Å². The second kappa shape index (κ2) is 4.96. The third-order valence-corrected chi connectivity index (χ3v) is 2.78. The lowest BCUT2D eigenvalue weighted by Crippen LogP contribution is -2.50. The first kappa shape index (κ1) is 12.2. The minimum absolute atomic E-state index is 0.0773. The molecular formula is C10H14N6O2. The largest absolute Gasteiger partial charge is 0.342 e. The van der Waals surface area contributed by atoms with E-state index in [2.05, 4.69) is 15.6 Å². The van der Waals surface area contributed by atoms with Crippen LogP contribution in [0.25, 0.3) is 0 Å². The molecule has 2 rings (SSSR count). The Morgan fingerprint density at radius 2 is 2.17 bits per heavy atom. The zero-order valence-electron chi connectivity index (χ0n) is 9.96. The maximum Gasteiger partial charge on any atom is 0.274 e. The molecule has 0 aliphatic carbocycles. The normalized spacial score (nSPS) is 15.8. The molecule has 8 heteroatoms. The Balaban J connectivity index is 2.08. The van der Waals surface area contributed by atoms with Crippen molar-refractivity contribution in [1.29, 1.82) is 0 Å². The monoisotopic (exact) mass is 250 g/mol. The molecule has 8 nitrogen and oxygen atoms in total. The second-order valence-electron chi connectivity index (χ2n) is 3.99. The molecule has 1 aliphatic heterocycles. The maximum atomic E-state index is 12.1. The predicted molar refractivity (Wildman–Crippen MR) is 63.4 cm³/mol. The summed E-state index contributed by atoms with van der Waals surface area (Å²) in [6, 6.07) is 3.07. The van der Waals surface area contributed by atoms with E-state index in [1.165, 1.54) is 11.0 Å². The Morgan fingerprint density at radius 1 is 1.39 bits per heavy atom. The van der Waals surface area contributed by atoms with Gasteiger partial charge in [-0.3, -0.25) is 9.59 Å². The number of hydrogen-bond donors (Lipinski definition) is 2. The van der Waals surface area contributed by atoms with E-state index in [0.717, 1.165) is 0 Å². The van der Waals surface area contributed by atoms with Crippen molar-refractivity contribution in [2.24, 2.45) is 5.84 Å². The van der Waals surface area contributed by atoms with E-state index in [1.807, 2.05) is 0 Å². The molecule has 0 bridgehead atoms. The first-order chi connectivity index (χ1) is 8.61. The van der Waals surface area contributed by atoms with E-state index in [0.29, 0.717) is 18.9 Å². The molecule has 2 amide bonds. The molecule has 0 aromatic carbocycles. The smallest absolute Gasteiger partial charge is 0.274 e. The number of hydrazine groups is 1. The molecule has 1 aromatic heterocycles. The van der Waals surface area contributed by atoms with Gasteiger partial charge in [0.05, 0.1) is 0 Å². The first-order valence-corrected chi connectivity index (χ1v) is 5.45.